The van der Waals surface area contributed by atoms with Crippen molar-refractivity contribution in [3.8, 4) is 0 Å². The first-order valence-corrected chi connectivity index (χ1v) is 9.04. The summed E-state index contributed by atoms with van der Waals surface area (Å²) >= 11 is 0. The van der Waals surface area contributed by atoms with Gasteiger partial charge in [-0.15, -0.1) is 0 Å². The van der Waals surface area contributed by atoms with Crippen molar-refractivity contribution in [3.05, 3.63) is 54.5 Å². The van der Waals surface area contributed by atoms with Gasteiger partial charge >= 0.3 is 0 Å². The predicted molar refractivity (Wildman–Crippen MR) is 100.0 cm³/mol. The average molecular weight is 355 g/mol. The van der Waals surface area contributed by atoms with Crippen molar-refractivity contribution in [1.29, 1.82) is 0 Å². The number of nitrogens with one attached hydrogen (secondary N) is 1. The van der Waals surface area contributed by atoms with Crippen LogP contribution in [0.1, 0.15) is 30.1 Å². The number of amides is 2. The lowest BCUT2D eigenvalue weighted by atomic mass is 10.1. The summed E-state index contributed by atoms with van der Waals surface area (Å²) in [6, 6.07) is 11.3. The molecule has 1 fully saturated rings. The molecule has 0 spiro atoms. The van der Waals surface area contributed by atoms with E-state index in [0.29, 0.717) is 18.5 Å². The Labute approximate surface area is 153 Å². The number of hydrogen-bond acceptors (Lipinski definition) is 4. The van der Waals surface area contributed by atoms with Crippen LogP contribution in [0.3, 0.4) is 0 Å². The number of rotatable bonds is 5. The summed E-state index contributed by atoms with van der Waals surface area (Å²) < 4.78 is 5.01. The molecule has 1 aliphatic rings. The summed E-state index contributed by atoms with van der Waals surface area (Å²) in [4.78, 5) is 28.9. The molecule has 0 bridgehead atoms. The SMILES string of the molecule is CC(CC(=O)Nc1ccccc1)N1CCCN(C(=O)c2ccoc2)CC1. The van der Waals surface area contributed by atoms with E-state index in [1.54, 1.807) is 6.07 Å². The highest BCUT2D eigenvalue weighted by Gasteiger charge is 2.24. The first-order valence-electron chi connectivity index (χ1n) is 9.04. The third-order valence-corrected chi connectivity index (χ3v) is 4.75. The fourth-order valence-electron chi connectivity index (χ4n) is 3.28. The van der Waals surface area contributed by atoms with Gasteiger partial charge in [0.2, 0.25) is 5.91 Å². The summed E-state index contributed by atoms with van der Waals surface area (Å²) in [6.45, 7) is 5.11. The Morgan fingerprint density at radius 3 is 2.65 bits per heavy atom. The van der Waals surface area contributed by atoms with E-state index in [2.05, 4.69) is 17.1 Å². The zero-order valence-electron chi connectivity index (χ0n) is 15.1. The molecule has 138 valence electrons. The Hall–Kier alpha value is -2.60. The third-order valence-electron chi connectivity index (χ3n) is 4.75. The molecule has 1 aromatic heterocycles. The maximum absolute atomic E-state index is 12.5. The molecule has 6 nitrogen and oxygen atoms in total. The number of carbonyl (C=O) groups is 2. The van der Waals surface area contributed by atoms with Gasteiger partial charge in [0.15, 0.2) is 0 Å². The van der Waals surface area contributed by atoms with Gasteiger partial charge in [0.1, 0.15) is 6.26 Å². The number of para-hydroxylation sites is 1. The minimum atomic E-state index is 0.00933. The van der Waals surface area contributed by atoms with Crippen molar-refractivity contribution in [2.75, 3.05) is 31.5 Å². The lowest BCUT2D eigenvalue weighted by molar-refractivity contribution is -0.117. The van der Waals surface area contributed by atoms with Gasteiger partial charge in [-0.1, -0.05) is 18.2 Å². The quantitative estimate of drug-likeness (QED) is 0.896. The van der Waals surface area contributed by atoms with E-state index in [-0.39, 0.29) is 17.9 Å². The van der Waals surface area contributed by atoms with Crippen molar-refractivity contribution < 1.29 is 14.0 Å². The fraction of sp³-hybridized carbons (Fsp3) is 0.400. The van der Waals surface area contributed by atoms with E-state index >= 15 is 0 Å². The van der Waals surface area contributed by atoms with Crippen LogP contribution in [0.25, 0.3) is 0 Å². The normalized spacial score (nSPS) is 16.7. The standard InChI is InChI=1S/C20H25N3O3/c1-16(14-19(24)21-18-6-3-2-4-7-18)22-9-5-10-23(12-11-22)20(25)17-8-13-26-15-17/h2-4,6-8,13,15-16H,5,9-12,14H2,1H3,(H,21,24). The molecular weight excluding hydrogens is 330 g/mol. The second-order valence-electron chi connectivity index (χ2n) is 6.66. The summed E-state index contributed by atoms with van der Waals surface area (Å²) in [6.07, 6.45) is 4.34. The van der Waals surface area contributed by atoms with Gasteiger partial charge in [-0.2, -0.15) is 0 Å². The zero-order valence-corrected chi connectivity index (χ0v) is 15.1. The van der Waals surface area contributed by atoms with Crippen molar-refractivity contribution in [2.45, 2.75) is 25.8 Å². The van der Waals surface area contributed by atoms with Gasteiger partial charge in [0.05, 0.1) is 11.8 Å². The molecule has 1 atom stereocenters. The molecule has 1 aliphatic heterocycles. The van der Waals surface area contributed by atoms with E-state index < -0.39 is 0 Å². The summed E-state index contributed by atoms with van der Waals surface area (Å²) in [5.41, 5.74) is 1.41. The first kappa shape index (κ1) is 18.2. The lowest BCUT2D eigenvalue weighted by Crippen LogP contribution is -2.39. The maximum atomic E-state index is 12.5. The number of benzene rings is 1. The zero-order chi connectivity index (χ0) is 18.4. The van der Waals surface area contributed by atoms with E-state index in [1.807, 2.05) is 35.2 Å². The van der Waals surface area contributed by atoms with Gasteiger partial charge in [0, 0.05) is 44.3 Å². The highest BCUT2D eigenvalue weighted by molar-refractivity contribution is 5.93. The topological polar surface area (TPSA) is 65.8 Å². The van der Waals surface area contributed by atoms with Crippen molar-refractivity contribution >= 4 is 17.5 Å². The molecule has 6 heteroatoms. The monoisotopic (exact) mass is 355 g/mol. The largest absolute Gasteiger partial charge is 0.472 e. The Kier molecular flexibility index (Phi) is 6.07. The van der Waals surface area contributed by atoms with Crippen LogP contribution < -0.4 is 5.32 Å². The van der Waals surface area contributed by atoms with Crippen LogP contribution >= 0.6 is 0 Å². The van der Waals surface area contributed by atoms with Crippen molar-refractivity contribution in [3.63, 3.8) is 0 Å². The maximum Gasteiger partial charge on any atom is 0.257 e. The van der Waals surface area contributed by atoms with Crippen LogP contribution in [0.5, 0.6) is 0 Å². The van der Waals surface area contributed by atoms with Crippen LogP contribution in [-0.2, 0) is 4.79 Å². The number of hydrogen-bond donors (Lipinski definition) is 1. The molecule has 1 saturated heterocycles. The summed E-state index contributed by atoms with van der Waals surface area (Å²) in [7, 11) is 0. The van der Waals surface area contributed by atoms with Gasteiger partial charge < -0.3 is 14.6 Å². The van der Waals surface area contributed by atoms with E-state index in [4.69, 9.17) is 4.42 Å². The van der Waals surface area contributed by atoms with Gasteiger partial charge in [0.25, 0.3) is 5.91 Å². The second kappa shape index (κ2) is 8.67. The molecule has 0 aliphatic carbocycles. The Morgan fingerprint density at radius 1 is 1.12 bits per heavy atom. The summed E-state index contributed by atoms with van der Waals surface area (Å²) in [5.74, 6) is 0.0225. The molecular formula is C20H25N3O3. The number of carbonyl (C=O) groups excluding carboxylic acids is 2. The molecule has 0 saturated carbocycles. The highest BCUT2D eigenvalue weighted by atomic mass is 16.3. The van der Waals surface area contributed by atoms with Crippen molar-refractivity contribution in [2.24, 2.45) is 0 Å². The van der Waals surface area contributed by atoms with Crippen LogP contribution in [0.4, 0.5) is 5.69 Å². The van der Waals surface area contributed by atoms with Crippen molar-refractivity contribution in [1.82, 2.24) is 9.80 Å². The van der Waals surface area contributed by atoms with Gasteiger partial charge in [-0.05, 0) is 31.5 Å². The molecule has 1 aromatic carbocycles. The second-order valence-corrected chi connectivity index (χ2v) is 6.66. The van der Waals surface area contributed by atoms with E-state index in [1.165, 1.54) is 12.5 Å². The van der Waals surface area contributed by atoms with Crippen LogP contribution in [0.15, 0.2) is 53.3 Å². The smallest absolute Gasteiger partial charge is 0.257 e. The van der Waals surface area contributed by atoms with Gasteiger partial charge in [-0.3, -0.25) is 14.5 Å². The molecule has 2 heterocycles. The van der Waals surface area contributed by atoms with E-state index in [9.17, 15) is 9.59 Å². The molecule has 2 amide bonds. The van der Waals surface area contributed by atoms with Gasteiger partial charge in [-0.25, -0.2) is 0 Å². The molecule has 2 aromatic rings. The predicted octanol–water partition coefficient (Wildman–Crippen LogP) is 2.84. The van der Waals surface area contributed by atoms with Crippen LogP contribution in [0, 0.1) is 0 Å². The van der Waals surface area contributed by atoms with E-state index in [0.717, 1.165) is 31.7 Å². The Bertz CT molecular complexity index is 715. The molecule has 0 radical (unpaired) electrons. The molecule has 1 N–H and O–H groups in total. The minimum Gasteiger partial charge on any atom is -0.472 e. The fourth-order valence-corrected chi connectivity index (χ4v) is 3.28. The molecule has 1 unspecified atom stereocenters. The Balaban J connectivity index is 1.50. The highest BCUT2D eigenvalue weighted by Crippen LogP contribution is 2.14. The molecule has 3 rings (SSSR count). The first-order chi connectivity index (χ1) is 12.6. The summed E-state index contributed by atoms with van der Waals surface area (Å²) in [5, 5.41) is 2.93. The minimum absolute atomic E-state index is 0.00933. The lowest BCUT2D eigenvalue weighted by Gasteiger charge is -2.27. The number of furan rings is 1. The Morgan fingerprint density at radius 2 is 1.92 bits per heavy atom. The molecule has 26 heavy (non-hydrogen) atoms. The van der Waals surface area contributed by atoms with Crippen LogP contribution in [0.2, 0.25) is 0 Å². The average Bonchev–Trinajstić information content (AvgIpc) is 3.06. The number of anilines is 1. The van der Waals surface area contributed by atoms with Crippen LogP contribution in [-0.4, -0.2) is 53.8 Å². The third kappa shape index (κ3) is 4.73. The number of nitrogens with zero attached hydrogens (tertiary/aromatic N) is 2.